The first-order valence-corrected chi connectivity index (χ1v) is 7.76. The largest absolute Gasteiger partial charge is 0.341 e. The van der Waals surface area contributed by atoms with Gasteiger partial charge in [0.1, 0.15) is 0 Å². The van der Waals surface area contributed by atoms with E-state index in [4.69, 9.17) is 4.98 Å². The van der Waals surface area contributed by atoms with Crippen molar-refractivity contribution >= 4 is 17.0 Å². The van der Waals surface area contributed by atoms with Gasteiger partial charge in [-0.25, -0.2) is 4.98 Å². The lowest BCUT2D eigenvalue weighted by atomic mass is 10.3. The van der Waals surface area contributed by atoms with E-state index in [1.165, 1.54) is 11.9 Å². The van der Waals surface area contributed by atoms with Gasteiger partial charge in [-0.15, -0.1) is 0 Å². The molecule has 0 aliphatic carbocycles. The molecule has 4 nitrogen and oxygen atoms in total. The van der Waals surface area contributed by atoms with E-state index < -0.39 is 0 Å². The summed E-state index contributed by atoms with van der Waals surface area (Å²) in [6.45, 7) is 11.1. The summed E-state index contributed by atoms with van der Waals surface area (Å²) >= 11 is 0. The fraction of sp³-hybridized carbons (Fsp3) is 0.562. The second-order valence-electron chi connectivity index (χ2n) is 5.42. The lowest BCUT2D eigenvalue weighted by Crippen LogP contribution is -2.39. The predicted octanol–water partition coefficient (Wildman–Crippen LogP) is 2.59. The maximum atomic E-state index is 4.83. The van der Waals surface area contributed by atoms with Gasteiger partial charge in [0.05, 0.1) is 11.0 Å². The fourth-order valence-electron chi connectivity index (χ4n) is 3.06. The molecule has 0 unspecified atom stereocenters. The standard InChI is InChI=1S/C16H24N4/c1-3-18(4-2)12-13-19-10-7-11-20-15-9-6-5-8-14(15)17-16(19)20/h5-6,8-9H,3-4,7,10-13H2,1-2H3. The second-order valence-corrected chi connectivity index (χ2v) is 5.42. The molecule has 0 amide bonds. The minimum absolute atomic E-state index is 1.07. The molecule has 3 rings (SSSR count). The van der Waals surface area contributed by atoms with Gasteiger partial charge in [-0.2, -0.15) is 0 Å². The van der Waals surface area contributed by atoms with Crippen molar-refractivity contribution in [3.05, 3.63) is 24.3 Å². The maximum absolute atomic E-state index is 4.83. The quantitative estimate of drug-likeness (QED) is 0.836. The monoisotopic (exact) mass is 272 g/mol. The summed E-state index contributed by atoms with van der Waals surface area (Å²) in [5, 5.41) is 0. The zero-order valence-corrected chi connectivity index (χ0v) is 12.5. The summed E-state index contributed by atoms with van der Waals surface area (Å²) in [7, 11) is 0. The zero-order chi connectivity index (χ0) is 13.9. The molecule has 0 radical (unpaired) electrons. The average molecular weight is 272 g/mol. The predicted molar refractivity (Wildman–Crippen MR) is 84.4 cm³/mol. The Kier molecular flexibility index (Phi) is 3.92. The van der Waals surface area contributed by atoms with Crippen LogP contribution in [0.25, 0.3) is 11.0 Å². The van der Waals surface area contributed by atoms with Crippen molar-refractivity contribution in [3.63, 3.8) is 0 Å². The van der Waals surface area contributed by atoms with E-state index in [1.807, 2.05) is 0 Å². The van der Waals surface area contributed by atoms with Gasteiger partial charge >= 0.3 is 0 Å². The average Bonchev–Trinajstić information content (AvgIpc) is 2.88. The van der Waals surface area contributed by atoms with E-state index >= 15 is 0 Å². The van der Waals surface area contributed by atoms with Gasteiger partial charge < -0.3 is 14.4 Å². The minimum Gasteiger partial charge on any atom is -0.341 e. The molecule has 0 bridgehead atoms. The number of aromatic nitrogens is 2. The smallest absolute Gasteiger partial charge is 0.206 e. The Morgan fingerprint density at radius 3 is 2.75 bits per heavy atom. The Morgan fingerprint density at radius 1 is 1.15 bits per heavy atom. The number of benzene rings is 1. The van der Waals surface area contributed by atoms with E-state index in [0.717, 1.165) is 50.7 Å². The van der Waals surface area contributed by atoms with Gasteiger partial charge in [0.2, 0.25) is 5.95 Å². The molecule has 108 valence electrons. The van der Waals surface area contributed by atoms with Crippen LogP contribution < -0.4 is 4.90 Å². The molecule has 0 atom stereocenters. The molecule has 0 N–H and O–H groups in total. The maximum Gasteiger partial charge on any atom is 0.206 e. The van der Waals surface area contributed by atoms with Crippen LogP contribution in [0.15, 0.2) is 24.3 Å². The van der Waals surface area contributed by atoms with Crippen LogP contribution in [0.2, 0.25) is 0 Å². The molecular formula is C16H24N4. The molecule has 0 saturated heterocycles. The topological polar surface area (TPSA) is 24.3 Å². The van der Waals surface area contributed by atoms with Crippen LogP contribution in [-0.4, -0.2) is 47.2 Å². The summed E-state index contributed by atoms with van der Waals surface area (Å²) in [4.78, 5) is 9.75. The molecule has 1 aliphatic heterocycles. The minimum atomic E-state index is 1.07. The van der Waals surface area contributed by atoms with Crippen LogP contribution in [-0.2, 0) is 6.54 Å². The molecule has 1 aromatic heterocycles. The molecule has 0 fully saturated rings. The highest BCUT2D eigenvalue weighted by molar-refractivity contribution is 5.79. The van der Waals surface area contributed by atoms with Crippen molar-refractivity contribution < 1.29 is 0 Å². The fourth-order valence-corrected chi connectivity index (χ4v) is 3.06. The number of hydrogen-bond acceptors (Lipinski definition) is 3. The third-order valence-corrected chi connectivity index (χ3v) is 4.31. The lowest BCUT2D eigenvalue weighted by Gasteiger charge is -2.31. The van der Waals surface area contributed by atoms with Gasteiger partial charge in [0.15, 0.2) is 0 Å². The molecule has 2 heterocycles. The molecule has 1 aliphatic rings. The van der Waals surface area contributed by atoms with E-state index in [2.05, 4.69) is 52.5 Å². The number of para-hydroxylation sites is 2. The summed E-state index contributed by atoms with van der Waals surface area (Å²) < 4.78 is 2.38. The number of rotatable bonds is 5. The summed E-state index contributed by atoms with van der Waals surface area (Å²) in [5.74, 6) is 1.16. The Morgan fingerprint density at radius 2 is 1.95 bits per heavy atom. The SMILES string of the molecule is CCN(CC)CCN1CCCn2c1nc1ccccc12. The number of aryl methyl sites for hydroxylation is 1. The Balaban J connectivity index is 1.83. The number of anilines is 1. The highest BCUT2D eigenvalue weighted by Crippen LogP contribution is 2.26. The Bertz CT molecular complexity index is 571. The molecule has 20 heavy (non-hydrogen) atoms. The Hall–Kier alpha value is -1.55. The highest BCUT2D eigenvalue weighted by Gasteiger charge is 2.21. The highest BCUT2D eigenvalue weighted by atomic mass is 15.3. The van der Waals surface area contributed by atoms with Crippen LogP contribution in [0.3, 0.4) is 0 Å². The van der Waals surface area contributed by atoms with Crippen molar-refractivity contribution in [2.75, 3.05) is 37.6 Å². The van der Waals surface area contributed by atoms with Crippen LogP contribution in [0, 0.1) is 0 Å². The van der Waals surface area contributed by atoms with Gasteiger partial charge in [0, 0.05) is 26.2 Å². The molecule has 1 aromatic carbocycles. The molecule has 2 aromatic rings. The van der Waals surface area contributed by atoms with E-state index in [1.54, 1.807) is 0 Å². The third kappa shape index (κ3) is 2.40. The first-order valence-electron chi connectivity index (χ1n) is 7.76. The molecule has 0 spiro atoms. The summed E-state index contributed by atoms with van der Waals surface area (Å²) in [5.41, 5.74) is 2.40. The third-order valence-electron chi connectivity index (χ3n) is 4.31. The van der Waals surface area contributed by atoms with Crippen molar-refractivity contribution in [3.8, 4) is 0 Å². The van der Waals surface area contributed by atoms with Crippen molar-refractivity contribution in [1.29, 1.82) is 0 Å². The van der Waals surface area contributed by atoms with Gasteiger partial charge in [-0.05, 0) is 31.6 Å². The zero-order valence-electron chi connectivity index (χ0n) is 12.5. The first kappa shape index (κ1) is 13.4. The van der Waals surface area contributed by atoms with Crippen LogP contribution in [0.5, 0.6) is 0 Å². The van der Waals surface area contributed by atoms with Gasteiger partial charge in [0.25, 0.3) is 0 Å². The normalized spacial score (nSPS) is 15.1. The second kappa shape index (κ2) is 5.83. The van der Waals surface area contributed by atoms with Gasteiger partial charge in [-0.3, -0.25) is 0 Å². The van der Waals surface area contributed by atoms with Crippen LogP contribution in [0.4, 0.5) is 5.95 Å². The molecule has 0 saturated carbocycles. The van der Waals surface area contributed by atoms with E-state index in [9.17, 15) is 0 Å². The lowest BCUT2D eigenvalue weighted by molar-refractivity contribution is 0.307. The van der Waals surface area contributed by atoms with Crippen LogP contribution in [0.1, 0.15) is 20.3 Å². The van der Waals surface area contributed by atoms with Gasteiger partial charge in [-0.1, -0.05) is 26.0 Å². The number of hydrogen-bond donors (Lipinski definition) is 0. The molecular weight excluding hydrogens is 248 g/mol. The summed E-state index contributed by atoms with van der Waals surface area (Å²) in [6, 6.07) is 8.47. The van der Waals surface area contributed by atoms with Crippen molar-refractivity contribution in [2.45, 2.75) is 26.8 Å². The number of imidazole rings is 1. The Labute approximate surface area is 121 Å². The van der Waals surface area contributed by atoms with E-state index in [0.29, 0.717) is 0 Å². The number of fused-ring (bicyclic) bond motifs is 3. The first-order chi connectivity index (χ1) is 9.83. The summed E-state index contributed by atoms with van der Waals surface area (Å²) in [6.07, 6.45) is 1.21. The van der Waals surface area contributed by atoms with Crippen molar-refractivity contribution in [2.24, 2.45) is 0 Å². The molecule has 4 heteroatoms. The van der Waals surface area contributed by atoms with E-state index in [-0.39, 0.29) is 0 Å². The number of nitrogens with zero attached hydrogens (tertiary/aromatic N) is 4. The van der Waals surface area contributed by atoms with Crippen LogP contribution >= 0.6 is 0 Å². The van der Waals surface area contributed by atoms with Crippen molar-refractivity contribution in [1.82, 2.24) is 14.5 Å². The number of likely N-dealkylation sites (N-methyl/N-ethyl adjacent to an activating group) is 1.